The van der Waals surface area contributed by atoms with E-state index in [1.54, 1.807) is 30.3 Å². The van der Waals surface area contributed by atoms with E-state index in [4.69, 9.17) is 23.2 Å². The van der Waals surface area contributed by atoms with Crippen LogP contribution in [0.25, 0.3) is 11.1 Å². The fourth-order valence-corrected chi connectivity index (χ4v) is 3.52. The molecule has 1 amide bonds. The number of halogens is 2. The van der Waals surface area contributed by atoms with Crippen molar-refractivity contribution < 1.29 is 9.59 Å². The Labute approximate surface area is 186 Å². The lowest BCUT2D eigenvalue weighted by Gasteiger charge is -2.17. The Morgan fingerprint density at radius 2 is 1.73 bits per heavy atom. The molecule has 3 aromatic rings. The van der Waals surface area contributed by atoms with E-state index in [1.807, 2.05) is 49.4 Å². The minimum atomic E-state index is 0.0241. The maximum Gasteiger partial charge on any atom is 0.226 e. The lowest BCUT2D eigenvalue weighted by Crippen LogP contribution is -2.24. The first-order valence-electron chi connectivity index (χ1n) is 9.69. The van der Waals surface area contributed by atoms with Crippen molar-refractivity contribution in [3.05, 3.63) is 82.1 Å². The number of anilines is 1. The summed E-state index contributed by atoms with van der Waals surface area (Å²) in [6, 6.07) is 16.5. The number of carbonyl (C=O) groups excluding carboxylic acids is 2. The van der Waals surface area contributed by atoms with Crippen LogP contribution in [0, 0.1) is 0 Å². The van der Waals surface area contributed by atoms with Gasteiger partial charge < -0.3 is 4.90 Å². The third-order valence-electron chi connectivity index (χ3n) is 4.96. The van der Waals surface area contributed by atoms with E-state index in [1.165, 1.54) is 0 Å². The minimum absolute atomic E-state index is 0.0241. The van der Waals surface area contributed by atoms with Crippen LogP contribution < -0.4 is 4.90 Å². The molecule has 0 unspecified atom stereocenters. The van der Waals surface area contributed by atoms with Gasteiger partial charge in [-0.15, -0.1) is 0 Å². The molecule has 0 saturated heterocycles. The first-order chi connectivity index (χ1) is 14.4. The molecule has 154 valence electrons. The molecule has 0 radical (unpaired) electrons. The van der Waals surface area contributed by atoms with E-state index in [-0.39, 0.29) is 11.7 Å². The summed E-state index contributed by atoms with van der Waals surface area (Å²) >= 11 is 12.3. The van der Waals surface area contributed by atoms with E-state index < -0.39 is 0 Å². The van der Waals surface area contributed by atoms with Crippen LogP contribution in [-0.4, -0.2) is 23.7 Å². The number of aryl methyl sites for hydroxylation is 1. The fraction of sp³-hybridized carbons (Fsp3) is 0.208. The van der Waals surface area contributed by atoms with Crippen molar-refractivity contribution in [2.75, 3.05) is 11.9 Å². The van der Waals surface area contributed by atoms with Gasteiger partial charge in [0.15, 0.2) is 5.78 Å². The number of carbonyl (C=O) groups is 2. The zero-order valence-corrected chi connectivity index (χ0v) is 18.4. The predicted octanol–water partition coefficient (Wildman–Crippen LogP) is 6.24. The summed E-state index contributed by atoms with van der Waals surface area (Å²) in [6.07, 6.45) is 3.13. The maximum absolute atomic E-state index is 12.5. The largest absolute Gasteiger partial charge is 0.315 e. The second-order valence-electron chi connectivity index (χ2n) is 6.96. The van der Waals surface area contributed by atoms with Crippen molar-refractivity contribution in [1.29, 1.82) is 0 Å². The van der Waals surface area contributed by atoms with Gasteiger partial charge in [-0.3, -0.25) is 9.59 Å². The summed E-state index contributed by atoms with van der Waals surface area (Å²) in [5.74, 6) is 0.0914. The molecular weight excluding hydrogens is 419 g/mol. The van der Waals surface area contributed by atoms with Crippen molar-refractivity contribution in [3.8, 4) is 11.1 Å². The Hall–Kier alpha value is -2.69. The molecule has 0 bridgehead atoms. The summed E-state index contributed by atoms with van der Waals surface area (Å²) in [5, 5.41) is 0.994. The van der Waals surface area contributed by atoms with Crippen LogP contribution in [-0.2, 0) is 11.2 Å². The number of amides is 1. The molecule has 0 atom stereocenters. The minimum Gasteiger partial charge on any atom is -0.315 e. The topological polar surface area (TPSA) is 50.3 Å². The highest BCUT2D eigenvalue weighted by Gasteiger charge is 2.12. The molecule has 30 heavy (non-hydrogen) atoms. The molecule has 0 fully saturated rings. The maximum atomic E-state index is 12.5. The lowest BCUT2D eigenvalue weighted by molar-refractivity contribution is -0.118. The highest BCUT2D eigenvalue weighted by atomic mass is 35.5. The molecule has 0 spiro atoms. The average molecular weight is 441 g/mol. The smallest absolute Gasteiger partial charge is 0.226 e. The van der Waals surface area contributed by atoms with Gasteiger partial charge in [0.25, 0.3) is 0 Å². The molecular formula is C24H22Cl2N2O2. The highest BCUT2D eigenvalue weighted by molar-refractivity contribution is 6.33. The highest BCUT2D eigenvalue weighted by Crippen LogP contribution is 2.32. The van der Waals surface area contributed by atoms with Crippen molar-refractivity contribution in [2.45, 2.75) is 26.2 Å². The molecule has 6 heteroatoms. The number of ketones is 1. The van der Waals surface area contributed by atoms with Gasteiger partial charge in [0.2, 0.25) is 5.91 Å². The van der Waals surface area contributed by atoms with Crippen LogP contribution in [0.2, 0.25) is 10.2 Å². The van der Waals surface area contributed by atoms with Gasteiger partial charge in [0.05, 0.1) is 5.02 Å². The molecule has 1 heterocycles. The Morgan fingerprint density at radius 3 is 2.33 bits per heavy atom. The van der Waals surface area contributed by atoms with Gasteiger partial charge >= 0.3 is 0 Å². The molecule has 3 rings (SSSR count). The Kier molecular flexibility index (Phi) is 7.24. The third-order valence-corrected chi connectivity index (χ3v) is 5.50. The molecule has 0 saturated carbocycles. The van der Waals surface area contributed by atoms with Gasteiger partial charge in [-0.1, -0.05) is 66.5 Å². The average Bonchev–Trinajstić information content (AvgIpc) is 2.77. The number of hydrogen-bond acceptors (Lipinski definition) is 3. The van der Waals surface area contributed by atoms with E-state index in [9.17, 15) is 9.59 Å². The molecule has 0 aliphatic rings. The van der Waals surface area contributed by atoms with E-state index >= 15 is 0 Å². The van der Waals surface area contributed by atoms with Crippen LogP contribution in [0.3, 0.4) is 0 Å². The molecule has 0 aliphatic heterocycles. The summed E-state index contributed by atoms with van der Waals surface area (Å²) in [7, 11) is 1.73. The monoisotopic (exact) mass is 440 g/mol. The number of hydrogen-bond donors (Lipinski definition) is 0. The van der Waals surface area contributed by atoms with Crippen LogP contribution >= 0.6 is 23.2 Å². The van der Waals surface area contributed by atoms with E-state index in [0.29, 0.717) is 35.0 Å². The normalized spacial score (nSPS) is 10.7. The summed E-state index contributed by atoms with van der Waals surface area (Å²) in [5.41, 5.74) is 4.14. The van der Waals surface area contributed by atoms with Gasteiger partial charge in [-0.2, -0.15) is 0 Å². The van der Waals surface area contributed by atoms with Crippen LogP contribution in [0.1, 0.15) is 35.7 Å². The summed E-state index contributed by atoms with van der Waals surface area (Å²) < 4.78 is 0. The zero-order valence-electron chi connectivity index (χ0n) is 16.9. The Balaban J connectivity index is 1.69. The molecule has 0 aliphatic carbocycles. The predicted molar refractivity (Wildman–Crippen MR) is 122 cm³/mol. The Bertz CT molecular complexity index is 1050. The number of rotatable bonds is 7. The van der Waals surface area contributed by atoms with Crippen molar-refractivity contribution >= 4 is 40.6 Å². The quantitative estimate of drug-likeness (QED) is 0.322. The SMILES string of the molecule is CCC(=O)N(C)c1ccc(-c2ccc(C(=O)CCc3ccc(Cl)nc3)cc2)c(Cl)c1. The third kappa shape index (κ3) is 5.26. The second kappa shape index (κ2) is 9.88. The van der Waals surface area contributed by atoms with Crippen LogP contribution in [0.5, 0.6) is 0 Å². The van der Waals surface area contributed by atoms with Crippen LogP contribution in [0.4, 0.5) is 5.69 Å². The van der Waals surface area contributed by atoms with Crippen molar-refractivity contribution in [3.63, 3.8) is 0 Å². The summed E-state index contributed by atoms with van der Waals surface area (Å²) in [6.45, 7) is 1.82. The number of Topliss-reactive ketones (excluding diaryl/α,β-unsaturated/α-hetero) is 1. The second-order valence-corrected chi connectivity index (χ2v) is 7.75. The molecule has 0 N–H and O–H groups in total. The molecule has 1 aromatic heterocycles. The number of benzene rings is 2. The zero-order chi connectivity index (χ0) is 21.7. The van der Waals surface area contributed by atoms with Gasteiger partial charge in [-0.05, 0) is 35.7 Å². The van der Waals surface area contributed by atoms with Gasteiger partial charge in [0.1, 0.15) is 5.15 Å². The lowest BCUT2D eigenvalue weighted by atomic mass is 9.99. The van der Waals surface area contributed by atoms with Crippen LogP contribution in [0.15, 0.2) is 60.8 Å². The number of nitrogens with zero attached hydrogens (tertiary/aromatic N) is 2. The van der Waals surface area contributed by atoms with E-state index in [2.05, 4.69) is 4.98 Å². The molecule has 2 aromatic carbocycles. The van der Waals surface area contributed by atoms with Gasteiger partial charge in [0, 0.05) is 42.9 Å². The standard InChI is InChI=1S/C24H22Cl2N2O2/c1-3-24(30)28(2)19-10-11-20(21(25)14-19)17-6-8-18(9-7-17)22(29)12-4-16-5-13-23(26)27-15-16/h5-11,13-15H,3-4,12H2,1-2H3. The number of aromatic nitrogens is 1. The molecule has 4 nitrogen and oxygen atoms in total. The van der Waals surface area contributed by atoms with Crippen molar-refractivity contribution in [1.82, 2.24) is 4.98 Å². The van der Waals surface area contributed by atoms with E-state index in [0.717, 1.165) is 22.4 Å². The Morgan fingerprint density at radius 1 is 1.00 bits per heavy atom. The first-order valence-corrected chi connectivity index (χ1v) is 10.4. The summed E-state index contributed by atoms with van der Waals surface area (Å²) in [4.78, 5) is 30.0. The number of pyridine rings is 1. The fourth-order valence-electron chi connectivity index (χ4n) is 3.12. The van der Waals surface area contributed by atoms with Gasteiger partial charge in [-0.25, -0.2) is 4.98 Å². The first kappa shape index (κ1) is 22.0. The van der Waals surface area contributed by atoms with Crippen molar-refractivity contribution in [2.24, 2.45) is 0 Å².